The molecule has 1 aromatic rings. The van der Waals surface area contributed by atoms with Crippen molar-refractivity contribution < 1.29 is 19.1 Å². The van der Waals surface area contributed by atoms with Crippen LogP contribution in [0.15, 0.2) is 18.2 Å². The van der Waals surface area contributed by atoms with E-state index < -0.39 is 17.8 Å². The van der Waals surface area contributed by atoms with Gasteiger partial charge in [0.05, 0.1) is 11.3 Å². The zero-order valence-electron chi connectivity index (χ0n) is 11.9. The highest BCUT2D eigenvalue weighted by molar-refractivity contribution is 6.00. The van der Waals surface area contributed by atoms with Crippen LogP contribution in [0.1, 0.15) is 43.0 Å². The molecule has 2 unspecified atom stereocenters. The van der Waals surface area contributed by atoms with Crippen LogP contribution in [0, 0.1) is 11.7 Å². The molecule has 114 valence electrons. The fourth-order valence-electron chi connectivity index (χ4n) is 2.73. The molecule has 0 aliphatic heterocycles. The summed E-state index contributed by atoms with van der Waals surface area (Å²) in [6.45, 7) is 2.13. The second-order valence-electron chi connectivity index (χ2n) is 5.53. The zero-order chi connectivity index (χ0) is 15.4. The number of para-hydroxylation sites is 1. The number of halogens is 1. The molecule has 1 fully saturated rings. The summed E-state index contributed by atoms with van der Waals surface area (Å²) >= 11 is 0. The van der Waals surface area contributed by atoms with E-state index in [0.717, 1.165) is 31.7 Å². The number of amides is 2. The Bertz CT molecular complexity index is 548. The van der Waals surface area contributed by atoms with Gasteiger partial charge in [0, 0.05) is 6.04 Å². The second-order valence-corrected chi connectivity index (χ2v) is 5.53. The number of rotatable bonds is 3. The van der Waals surface area contributed by atoms with Crippen LogP contribution in [0.25, 0.3) is 0 Å². The highest BCUT2D eigenvalue weighted by atomic mass is 19.1. The summed E-state index contributed by atoms with van der Waals surface area (Å²) in [6, 6.07) is 3.15. The number of carbonyl (C=O) groups is 2. The van der Waals surface area contributed by atoms with Gasteiger partial charge < -0.3 is 15.7 Å². The molecule has 0 heterocycles. The van der Waals surface area contributed by atoms with Crippen molar-refractivity contribution in [3.63, 3.8) is 0 Å². The molecule has 2 amide bonds. The number of carbonyl (C=O) groups excluding carboxylic acids is 1. The molecule has 1 saturated carbocycles. The van der Waals surface area contributed by atoms with Crippen LogP contribution < -0.4 is 10.6 Å². The summed E-state index contributed by atoms with van der Waals surface area (Å²) in [5, 5.41) is 14.1. The number of benzene rings is 1. The monoisotopic (exact) mass is 294 g/mol. The van der Waals surface area contributed by atoms with Crippen molar-refractivity contribution in [1.82, 2.24) is 5.32 Å². The first-order valence-electron chi connectivity index (χ1n) is 7.06. The number of carboxylic acids is 1. The zero-order valence-corrected chi connectivity index (χ0v) is 11.9. The molecule has 6 heteroatoms. The smallest absolute Gasteiger partial charge is 0.337 e. The van der Waals surface area contributed by atoms with Crippen LogP contribution in [0.2, 0.25) is 0 Å². The lowest BCUT2D eigenvalue weighted by atomic mass is 9.87. The second kappa shape index (κ2) is 6.56. The Balaban J connectivity index is 2.04. The van der Waals surface area contributed by atoms with Gasteiger partial charge in [-0.05, 0) is 30.9 Å². The largest absolute Gasteiger partial charge is 0.478 e. The van der Waals surface area contributed by atoms with Gasteiger partial charge in [-0.15, -0.1) is 0 Å². The van der Waals surface area contributed by atoms with Crippen molar-refractivity contribution in [1.29, 1.82) is 0 Å². The summed E-state index contributed by atoms with van der Waals surface area (Å²) in [6.07, 6.45) is 3.97. The van der Waals surface area contributed by atoms with E-state index in [9.17, 15) is 14.0 Å². The molecule has 0 saturated heterocycles. The van der Waals surface area contributed by atoms with Crippen LogP contribution >= 0.6 is 0 Å². The summed E-state index contributed by atoms with van der Waals surface area (Å²) in [5.74, 6) is -1.50. The number of carboxylic acid groups (broad SMARTS) is 1. The SMILES string of the molecule is CC1CCCC(NC(=O)Nc2c(F)cccc2C(=O)O)C1. The quantitative estimate of drug-likeness (QED) is 0.801. The average molecular weight is 294 g/mol. The fourth-order valence-corrected chi connectivity index (χ4v) is 2.73. The molecule has 0 spiro atoms. The van der Waals surface area contributed by atoms with E-state index in [4.69, 9.17) is 5.11 Å². The first kappa shape index (κ1) is 15.3. The van der Waals surface area contributed by atoms with Gasteiger partial charge >= 0.3 is 12.0 Å². The Morgan fingerprint density at radius 3 is 2.76 bits per heavy atom. The highest BCUT2D eigenvalue weighted by Crippen LogP contribution is 2.24. The lowest BCUT2D eigenvalue weighted by Crippen LogP contribution is -2.40. The summed E-state index contributed by atoms with van der Waals surface area (Å²) in [7, 11) is 0. The van der Waals surface area contributed by atoms with Gasteiger partial charge in [0.2, 0.25) is 0 Å². The van der Waals surface area contributed by atoms with Gasteiger partial charge in [-0.3, -0.25) is 0 Å². The third-order valence-corrected chi connectivity index (χ3v) is 3.75. The molecule has 5 nitrogen and oxygen atoms in total. The third kappa shape index (κ3) is 3.93. The Labute approximate surface area is 122 Å². The van der Waals surface area contributed by atoms with Crippen LogP contribution in [0.5, 0.6) is 0 Å². The van der Waals surface area contributed by atoms with Gasteiger partial charge in [0.1, 0.15) is 5.82 Å². The van der Waals surface area contributed by atoms with Crippen molar-refractivity contribution in [2.75, 3.05) is 5.32 Å². The van der Waals surface area contributed by atoms with E-state index in [2.05, 4.69) is 17.6 Å². The van der Waals surface area contributed by atoms with Gasteiger partial charge in [-0.25, -0.2) is 14.0 Å². The van der Waals surface area contributed by atoms with E-state index in [-0.39, 0.29) is 17.3 Å². The van der Waals surface area contributed by atoms with E-state index >= 15 is 0 Å². The number of hydrogen-bond donors (Lipinski definition) is 3. The first-order valence-corrected chi connectivity index (χ1v) is 7.06. The maximum Gasteiger partial charge on any atom is 0.337 e. The molecule has 1 aliphatic rings. The Morgan fingerprint density at radius 2 is 2.10 bits per heavy atom. The number of nitrogens with one attached hydrogen (secondary N) is 2. The minimum Gasteiger partial charge on any atom is -0.478 e. The van der Waals surface area contributed by atoms with Gasteiger partial charge in [0.25, 0.3) is 0 Å². The molecular formula is C15H19FN2O3. The highest BCUT2D eigenvalue weighted by Gasteiger charge is 2.22. The van der Waals surface area contributed by atoms with E-state index in [1.54, 1.807) is 0 Å². The third-order valence-electron chi connectivity index (χ3n) is 3.75. The Hall–Kier alpha value is -2.11. The fraction of sp³-hybridized carbons (Fsp3) is 0.467. The summed E-state index contributed by atoms with van der Waals surface area (Å²) in [5.41, 5.74) is -0.562. The summed E-state index contributed by atoms with van der Waals surface area (Å²) in [4.78, 5) is 23.0. The van der Waals surface area contributed by atoms with Gasteiger partial charge in [0.15, 0.2) is 0 Å². The Kier molecular flexibility index (Phi) is 4.77. The molecule has 1 aliphatic carbocycles. The lowest BCUT2D eigenvalue weighted by Gasteiger charge is -2.27. The van der Waals surface area contributed by atoms with Crippen LogP contribution in [-0.4, -0.2) is 23.1 Å². The van der Waals surface area contributed by atoms with E-state index in [1.165, 1.54) is 12.1 Å². The van der Waals surface area contributed by atoms with Crippen LogP contribution in [0.4, 0.5) is 14.9 Å². The van der Waals surface area contributed by atoms with Crippen molar-refractivity contribution in [2.24, 2.45) is 5.92 Å². The van der Waals surface area contributed by atoms with Crippen LogP contribution in [0.3, 0.4) is 0 Å². The lowest BCUT2D eigenvalue weighted by molar-refractivity contribution is 0.0697. The van der Waals surface area contributed by atoms with Gasteiger partial charge in [-0.1, -0.05) is 25.8 Å². The van der Waals surface area contributed by atoms with Crippen molar-refractivity contribution in [2.45, 2.75) is 38.6 Å². The number of aromatic carboxylic acids is 1. The molecule has 21 heavy (non-hydrogen) atoms. The summed E-state index contributed by atoms with van der Waals surface area (Å²) < 4.78 is 13.7. The first-order chi connectivity index (χ1) is 9.97. The predicted octanol–water partition coefficient (Wildman–Crippen LogP) is 3.22. The molecule has 1 aromatic carbocycles. The molecule has 3 N–H and O–H groups in total. The number of urea groups is 1. The minimum absolute atomic E-state index is 0.0498. The number of anilines is 1. The average Bonchev–Trinajstić information content (AvgIpc) is 2.40. The molecule has 2 atom stereocenters. The molecule has 0 bridgehead atoms. The molecule has 0 radical (unpaired) electrons. The topological polar surface area (TPSA) is 78.4 Å². The van der Waals surface area contributed by atoms with Crippen molar-refractivity contribution >= 4 is 17.7 Å². The van der Waals surface area contributed by atoms with E-state index in [1.807, 2.05) is 0 Å². The predicted molar refractivity (Wildman–Crippen MR) is 76.9 cm³/mol. The molecule has 0 aromatic heterocycles. The van der Waals surface area contributed by atoms with Crippen molar-refractivity contribution in [3.8, 4) is 0 Å². The van der Waals surface area contributed by atoms with E-state index in [0.29, 0.717) is 5.92 Å². The minimum atomic E-state index is -1.28. The normalized spacial score (nSPS) is 21.6. The van der Waals surface area contributed by atoms with Gasteiger partial charge in [-0.2, -0.15) is 0 Å². The molecular weight excluding hydrogens is 275 g/mol. The Morgan fingerprint density at radius 1 is 1.33 bits per heavy atom. The number of hydrogen-bond acceptors (Lipinski definition) is 2. The van der Waals surface area contributed by atoms with Crippen LogP contribution in [-0.2, 0) is 0 Å². The maximum atomic E-state index is 13.7. The molecule has 2 rings (SSSR count). The standard InChI is InChI=1S/C15H19FN2O3/c1-9-4-2-5-10(8-9)17-15(21)18-13-11(14(19)20)6-3-7-12(13)16/h3,6-7,9-10H,2,4-5,8H2,1H3,(H,19,20)(H2,17,18,21). The maximum absolute atomic E-state index is 13.7. The van der Waals surface area contributed by atoms with Crippen molar-refractivity contribution in [3.05, 3.63) is 29.6 Å².